The van der Waals surface area contributed by atoms with Crippen molar-refractivity contribution in [2.75, 3.05) is 18.6 Å². The summed E-state index contributed by atoms with van der Waals surface area (Å²) < 4.78 is 17.0. The van der Waals surface area contributed by atoms with E-state index in [-0.39, 0.29) is 17.5 Å². The van der Waals surface area contributed by atoms with Crippen LogP contribution in [0, 0.1) is 10.1 Å². The fourth-order valence-electron chi connectivity index (χ4n) is 3.21. The number of anilines is 1. The summed E-state index contributed by atoms with van der Waals surface area (Å²) in [5, 5.41) is 10.8. The van der Waals surface area contributed by atoms with Gasteiger partial charge in [0.05, 0.1) is 29.2 Å². The maximum atomic E-state index is 13.1. The zero-order chi connectivity index (χ0) is 24.9. The monoisotopic (exact) mass is 509 g/mol. The van der Waals surface area contributed by atoms with E-state index in [1.165, 1.54) is 35.9 Å². The van der Waals surface area contributed by atoms with Crippen molar-refractivity contribution < 1.29 is 23.9 Å². The molecule has 11 heteroatoms. The summed E-state index contributed by atoms with van der Waals surface area (Å²) in [5.41, 5.74) is 1.23. The molecule has 0 saturated carbocycles. The minimum Gasteiger partial charge on any atom is -0.494 e. The number of amides is 1. The van der Waals surface area contributed by atoms with Crippen molar-refractivity contribution in [3.05, 3.63) is 81.4 Å². The second kappa shape index (κ2) is 10.5. The molecular weight excluding hydrogens is 490 g/mol. The lowest BCUT2D eigenvalue weighted by Gasteiger charge is -2.15. The van der Waals surface area contributed by atoms with E-state index in [1.807, 2.05) is 6.92 Å². The molecule has 178 valence electrons. The molecule has 0 radical (unpaired) electrons. The molecule has 0 N–H and O–H groups in total. The molecule has 1 saturated heterocycles. The number of rotatable bonds is 8. The highest BCUT2D eigenvalue weighted by molar-refractivity contribution is 8.27. The maximum absolute atomic E-state index is 13.1. The van der Waals surface area contributed by atoms with E-state index in [0.29, 0.717) is 38.6 Å². The number of nitrogens with zero attached hydrogens (tertiary/aromatic N) is 3. The topological polar surface area (TPSA) is 104 Å². The summed E-state index contributed by atoms with van der Waals surface area (Å²) in [4.78, 5) is 29.2. The number of carbonyl (C=O) groups is 1. The molecule has 1 aromatic heterocycles. The van der Waals surface area contributed by atoms with Gasteiger partial charge in [0.1, 0.15) is 11.9 Å². The van der Waals surface area contributed by atoms with Gasteiger partial charge in [-0.1, -0.05) is 30.0 Å². The van der Waals surface area contributed by atoms with Crippen molar-refractivity contribution in [2.24, 2.45) is 0 Å². The van der Waals surface area contributed by atoms with Gasteiger partial charge in [-0.25, -0.2) is 4.98 Å². The Morgan fingerprint density at radius 2 is 1.91 bits per heavy atom. The average Bonchev–Trinajstić information content (AvgIpc) is 3.13. The molecule has 1 amide bonds. The Morgan fingerprint density at radius 1 is 1.14 bits per heavy atom. The van der Waals surface area contributed by atoms with Gasteiger partial charge in [0, 0.05) is 12.1 Å². The molecule has 0 unspecified atom stereocenters. The van der Waals surface area contributed by atoms with Gasteiger partial charge in [0.25, 0.3) is 11.6 Å². The van der Waals surface area contributed by atoms with Gasteiger partial charge < -0.3 is 14.2 Å². The molecule has 1 fully saturated rings. The van der Waals surface area contributed by atoms with Gasteiger partial charge in [0.2, 0.25) is 5.88 Å². The van der Waals surface area contributed by atoms with Crippen molar-refractivity contribution in [1.29, 1.82) is 0 Å². The van der Waals surface area contributed by atoms with Crippen LogP contribution in [0.4, 0.5) is 11.4 Å². The van der Waals surface area contributed by atoms with Crippen molar-refractivity contribution in [3.63, 3.8) is 0 Å². The van der Waals surface area contributed by atoms with Gasteiger partial charge in [0.15, 0.2) is 15.8 Å². The van der Waals surface area contributed by atoms with Gasteiger partial charge in [-0.3, -0.25) is 19.8 Å². The Morgan fingerprint density at radius 3 is 2.54 bits per heavy atom. The Labute approximate surface area is 210 Å². The molecule has 2 aromatic carbocycles. The molecular formula is C24H19N3O6S2. The third-order valence-electron chi connectivity index (χ3n) is 4.83. The van der Waals surface area contributed by atoms with Crippen LogP contribution in [0.1, 0.15) is 12.5 Å². The van der Waals surface area contributed by atoms with Crippen LogP contribution < -0.4 is 19.1 Å². The first kappa shape index (κ1) is 24.2. The van der Waals surface area contributed by atoms with Crippen LogP contribution in [-0.4, -0.2) is 33.9 Å². The van der Waals surface area contributed by atoms with E-state index < -0.39 is 4.92 Å². The Hall–Kier alpha value is -3.96. The van der Waals surface area contributed by atoms with Crippen LogP contribution in [0.25, 0.3) is 6.08 Å². The average molecular weight is 510 g/mol. The van der Waals surface area contributed by atoms with E-state index in [0.717, 1.165) is 11.9 Å². The van der Waals surface area contributed by atoms with Crippen LogP contribution in [-0.2, 0) is 4.79 Å². The van der Waals surface area contributed by atoms with Crippen LogP contribution in [0.5, 0.6) is 23.1 Å². The number of pyridine rings is 1. The second-order valence-electron chi connectivity index (χ2n) is 7.07. The fourth-order valence-corrected chi connectivity index (χ4v) is 4.51. The fraction of sp³-hybridized carbons (Fsp3) is 0.125. The lowest BCUT2D eigenvalue weighted by Crippen LogP contribution is -2.27. The summed E-state index contributed by atoms with van der Waals surface area (Å²) in [5.74, 6) is 1.45. The van der Waals surface area contributed by atoms with Gasteiger partial charge >= 0.3 is 0 Å². The van der Waals surface area contributed by atoms with Gasteiger partial charge in [-0.2, -0.15) is 0 Å². The molecule has 2 heterocycles. The third kappa shape index (κ3) is 5.42. The SMILES string of the molecule is CCOc1ccc(N2C(=O)/C(=C\c3ccc(Oc4ccc([N+](=O)[O-])cn4)c(OC)c3)SC2=S)cc1. The minimum absolute atomic E-state index is 0.137. The number of thioether (sulfide) groups is 1. The summed E-state index contributed by atoms with van der Waals surface area (Å²) >= 11 is 6.66. The van der Waals surface area contributed by atoms with E-state index in [1.54, 1.807) is 48.5 Å². The predicted octanol–water partition coefficient (Wildman–Crippen LogP) is 5.60. The molecule has 3 aromatic rings. The molecule has 9 nitrogen and oxygen atoms in total. The number of thiocarbonyl (C=S) groups is 1. The quantitative estimate of drug-likeness (QED) is 0.166. The number of carbonyl (C=O) groups excluding carboxylic acids is 1. The standard InChI is InChI=1S/C24H19N3O6S2/c1-3-32-18-8-5-16(6-9-18)26-23(28)21(35-24(26)34)13-15-4-10-19(20(12-15)31-2)33-22-11-7-17(14-25-22)27(29)30/h4-14H,3H2,1-2H3/b21-13+. The van der Waals surface area contributed by atoms with Crippen LogP contribution in [0.2, 0.25) is 0 Å². The third-order valence-corrected chi connectivity index (χ3v) is 6.13. The van der Waals surface area contributed by atoms with Crippen molar-refractivity contribution in [1.82, 2.24) is 4.98 Å². The molecule has 1 aliphatic heterocycles. The summed E-state index contributed by atoms with van der Waals surface area (Å²) in [6.45, 7) is 2.46. The number of benzene rings is 2. The highest BCUT2D eigenvalue weighted by Crippen LogP contribution is 2.38. The molecule has 0 atom stereocenters. The Bertz CT molecular complexity index is 1310. The Kier molecular flexibility index (Phi) is 7.28. The number of aromatic nitrogens is 1. The number of hydrogen-bond acceptors (Lipinski definition) is 9. The lowest BCUT2D eigenvalue weighted by molar-refractivity contribution is -0.385. The van der Waals surface area contributed by atoms with Crippen LogP contribution in [0.3, 0.4) is 0 Å². The number of ether oxygens (including phenoxy) is 3. The van der Waals surface area contributed by atoms with Crippen molar-refractivity contribution >= 4 is 51.7 Å². The smallest absolute Gasteiger partial charge is 0.287 e. The van der Waals surface area contributed by atoms with Crippen molar-refractivity contribution in [2.45, 2.75) is 6.92 Å². The van der Waals surface area contributed by atoms with Gasteiger partial charge in [-0.05, 0) is 55.0 Å². The van der Waals surface area contributed by atoms with Crippen LogP contribution in [0.15, 0.2) is 65.7 Å². The first-order valence-electron chi connectivity index (χ1n) is 10.4. The number of methoxy groups -OCH3 is 1. The molecule has 35 heavy (non-hydrogen) atoms. The highest BCUT2D eigenvalue weighted by atomic mass is 32.2. The summed E-state index contributed by atoms with van der Waals surface area (Å²) in [7, 11) is 1.49. The zero-order valence-corrected chi connectivity index (χ0v) is 20.3. The zero-order valence-electron chi connectivity index (χ0n) is 18.7. The summed E-state index contributed by atoms with van der Waals surface area (Å²) in [6, 6.07) is 15.0. The molecule has 4 rings (SSSR count). The second-order valence-corrected chi connectivity index (χ2v) is 8.74. The molecule has 0 spiro atoms. The van der Waals surface area contributed by atoms with Crippen LogP contribution >= 0.6 is 24.0 Å². The van der Waals surface area contributed by atoms with Crippen molar-refractivity contribution in [3.8, 4) is 23.1 Å². The predicted molar refractivity (Wildman–Crippen MR) is 137 cm³/mol. The first-order valence-corrected chi connectivity index (χ1v) is 11.6. The number of nitro groups is 1. The van der Waals surface area contributed by atoms with E-state index in [9.17, 15) is 14.9 Å². The molecule has 0 aliphatic carbocycles. The minimum atomic E-state index is -0.537. The molecule has 1 aliphatic rings. The van der Waals surface area contributed by atoms with E-state index in [2.05, 4.69) is 4.98 Å². The van der Waals surface area contributed by atoms with E-state index in [4.69, 9.17) is 26.4 Å². The summed E-state index contributed by atoms with van der Waals surface area (Å²) in [6.07, 6.45) is 2.84. The first-order chi connectivity index (χ1) is 16.9. The highest BCUT2D eigenvalue weighted by Gasteiger charge is 2.33. The maximum Gasteiger partial charge on any atom is 0.287 e. The number of hydrogen-bond donors (Lipinski definition) is 0. The largest absolute Gasteiger partial charge is 0.494 e. The van der Waals surface area contributed by atoms with Gasteiger partial charge in [-0.15, -0.1) is 0 Å². The lowest BCUT2D eigenvalue weighted by atomic mass is 10.1. The normalized spacial score (nSPS) is 14.3. The Balaban J connectivity index is 1.53. The molecule has 0 bridgehead atoms. The van der Waals surface area contributed by atoms with E-state index >= 15 is 0 Å².